The average molecular weight is 436 g/mol. The number of primary amides is 1. The second-order valence-electron chi connectivity index (χ2n) is 7.25. The predicted octanol–water partition coefficient (Wildman–Crippen LogP) is 3.41. The molecule has 0 radical (unpaired) electrons. The van der Waals surface area contributed by atoms with E-state index in [1.807, 2.05) is 18.2 Å². The molecule has 2 aromatic carbocycles. The highest BCUT2D eigenvalue weighted by Gasteiger charge is 2.19. The number of aromatic nitrogens is 1. The smallest absolute Gasteiger partial charge is 0.257 e. The van der Waals surface area contributed by atoms with Crippen molar-refractivity contribution in [3.63, 3.8) is 0 Å². The number of benzene rings is 2. The number of amides is 2. The van der Waals surface area contributed by atoms with Gasteiger partial charge in [-0.3, -0.25) is 9.59 Å². The van der Waals surface area contributed by atoms with Crippen molar-refractivity contribution in [3.05, 3.63) is 83.0 Å². The number of rotatable bonds is 5. The lowest BCUT2D eigenvalue weighted by Gasteiger charge is -2.36. The third-order valence-corrected chi connectivity index (χ3v) is 5.45. The molecule has 0 aliphatic carbocycles. The first-order chi connectivity index (χ1) is 15.0. The first-order valence-electron chi connectivity index (χ1n) is 9.92. The molecule has 7 nitrogen and oxygen atoms in total. The normalized spacial score (nSPS) is 13.7. The molecule has 1 aliphatic heterocycles. The van der Waals surface area contributed by atoms with Crippen molar-refractivity contribution in [1.29, 1.82) is 0 Å². The molecule has 2 amide bonds. The van der Waals surface area contributed by atoms with Crippen molar-refractivity contribution in [1.82, 2.24) is 4.98 Å². The largest absolute Gasteiger partial charge is 0.368 e. The molecule has 158 valence electrons. The molecule has 0 atom stereocenters. The SMILES string of the molecule is NC(=O)c1ccc(N2CCN(c3ccc(C(=O)Nc4cccc(Cl)c4)cn3)CC2)cc1. The number of pyridine rings is 1. The zero-order valence-corrected chi connectivity index (χ0v) is 17.5. The minimum Gasteiger partial charge on any atom is -0.368 e. The lowest BCUT2D eigenvalue weighted by atomic mass is 10.1. The van der Waals surface area contributed by atoms with Crippen LogP contribution in [0.4, 0.5) is 17.2 Å². The maximum atomic E-state index is 12.4. The first-order valence-corrected chi connectivity index (χ1v) is 10.3. The third kappa shape index (κ3) is 4.95. The summed E-state index contributed by atoms with van der Waals surface area (Å²) in [5.41, 5.74) is 7.99. The van der Waals surface area contributed by atoms with E-state index in [0.29, 0.717) is 21.8 Å². The summed E-state index contributed by atoms with van der Waals surface area (Å²) in [6.07, 6.45) is 1.59. The molecule has 0 spiro atoms. The molecule has 0 saturated carbocycles. The van der Waals surface area contributed by atoms with Crippen molar-refractivity contribution < 1.29 is 9.59 Å². The van der Waals surface area contributed by atoms with Gasteiger partial charge in [-0.05, 0) is 54.6 Å². The van der Waals surface area contributed by atoms with Gasteiger partial charge in [0.1, 0.15) is 5.82 Å². The fourth-order valence-electron chi connectivity index (χ4n) is 3.51. The van der Waals surface area contributed by atoms with Gasteiger partial charge in [-0.25, -0.2) is 4.98 Å². The highest BCUT2D eigenvalue weighted by atomic mass is 35.5. The van der Waals surface area contributed by atoms with Crippen molar-refractivity contribution in [3.8, 4) is 0 Å². The molecule has 1 fully saturated rings. The number of halogens is 1. The number of anilines is 3. The Morgan fingerprint density at radius 2 is 1.58 bits per heavy atom. The van der Waals surface area contributed by atoms with E-state index < -0.39 is 5.91 Å². The highest BCUT2D eigenvalue weighted by Crippen LogP contribution is 2.21. The molecule has 31 heavy (non-hydrogen) atoms. The summed E-state index contributed by atoms with van der Waals surface area (Å²) in [5.74, 6) is 0.181. The van der Waals surface area contributed by atoms with E-state index in [2.05, 4.69) is 20.1 Å². The average Bonchev–Trinajstić information content (AvgIpc) is 2.79. The van der Waals surface area contributed by atoms with Crippen LogP contribution < -0.4 is 20.9 Å². The first kappa shape index (κ1) is 20.7. The van der Waals surface area contributed by atoms with Crippen LogP contribution >= 0.6 is 11.6 Å². The van der Waals surface area contributed by atoms with Crippen LogP contribution in [-0.4, -0.2) is 43.0 Å². The van der Waals surface area contributed by atoms with E-state index in [4.69, 9.17) is 17.3 Å². The number of nitrogens with zero attached hydrogens (tertiary/aromatic N) is 3. The Morgan fingerprint density at radius 1 is 0.903 bits per heavy atom. The number of carbonyl (C=O) groups excluding carboxylic acids is 2. The Balaban J connectivity index is 1.34. The number of piperazine rings is 1. The minimum atomic E-state index is -0.424. The number of hydrogen-bond donors (Lipinski definition) is 2. The Kier molecular flexibility index (Phi) is 6.04. The van der Waals surface area contributed by atoms with Gasteiger partial charge in [0.25, 0.3) is 5.91 Å². The Hall–Kier alpha value is -3.58. The quantitative estimate of drug-likeness (QED) is 0.640. The molecule has 3 N–H and O–H groups in total. The van der Waals surface area contributed by atoms with Crippen LogP contribution in [0.25, 0.3) is 0 Å². The summed E-state index contributed by atoms with van der Waals surface area (Å²) in [7, 11) is 0. The van der Waals surface area contributed by atoms with Gasteiger partial charge in [0.15, 0.2) is 0 Å². The fourth-order valence-corrected chi connectivity index (χ4v) is 3.70. The standard InChI is InChI=1S/C23H22ClN5O2/c24-18-2-1-3-19(14-18)27-23(31)17-6-9-21(26-15-17)29-12-10-28(11-13-29)20-7-4-16(5-8-20)22(25)30/h1-9,14-15H,10-13H2,(H2,25,30)(H,27,31). The van der Waals surface area contributed by atoms with Crippen molar-refractivity contribution >= 4 is 40.6 Å². The topological polar surface area (TPSA) is 91.6 Å². The molecule has 0 unspecified atom stereocenters. The van der Waals surface area contributed by atoms with Crippen LogP contribution in [0.2, 0.25) is 5.02 Å². The van der Waals surface area contributed by atoms with Crippen LogP contribution in [-0.2, 0) is 0 Å². The van der Waals surface area contributed by atoms with Gasteiger partial charge < -0.3 is 20.9 Å². The molecule has 0 bridgehead atoms. The second kappa shape index (κ2) is 9.06. The van der Waals surface area contributed by atoms with E-state index in [0.717, 1.165) is 37.7 Å². The van der Waals surface area contributed by atoms with E-state index >= 15 is 0 Å². The van der Waals surface area contributed by atoms with Gasteiger partial charge in [-0.15, -0.1) is 0 Å². The van der Waals surface area contributed by atoms with Crippen LogP contribution in [0.3, 0.4) is 0 Å². The van der Waals surface area contributed by atoms with Gasteiger partial charge in [-0.2, -0.15) is 0 Å². The molecular formula is C23H22ClN5O2. The van der Waals surface area contributed by atoms with Gasteiger partial charge in [0.2, 0.25) is 5.91 Å². The van der Waals surface area contributed by atoms with Gasteiger partial charge in [-0.1, -0.05) is 17.7 Å². The number of nitrogens with one attached hydrogen (secondary N) is 1. The third-order valence-electron chi connectivity index (χ3n) is 5.21. The number of carbonyl (C=O) groups is 2. The molecule has 8 heteroatoms. The van der Waals surface area contributed by atoms with E-state index in [1.165, 1.54) is 0 Å². The predicted molar refractivity (Wildman–Crippen MR) is 123 cm³/mol. The molecule has 1 aliphatic rings. The summed E-state index contributed by atoms with van der Waals surface area (Å²) in [5, 5.41) is 3.38. The Bertz CT molecular complexity index is 1080. The number of hydrogen-bond acceptors (Lipinski definition) is 5. The maximum absolute atomic E-state index is 12.4. The highest BCUT2D eigenvalue weighted by molar-refractivity contribution is 6.31. The summed E-state index contributed by atoms with van der Waals surface area (Å²) in [6.45, 7) is 3.26. The zero-order chi connectivity index (χ0) is 21.8. The zero-order valence-electron chi connectivity index (χ0n) is 16.8. The maximum Gasteiger partial charge on any atom is 0.257 e. The van der Waals surface area contributed by atoms with Crippen LogP contribution in [0, 0.1) is 0 Å². The van der Waals surface area contributed by atoms with Gasteiger partial charge >= 0.3 is 0 Å². The van der Waals surface area contributed by atoms with E-state index in [9.17, 15) is 9.59 Å². The van der Waals surface area contributed by atoms with E-state index in [-0.39, 0.29) is 5.91 Å². The lowest BCUT2D eigenvalue weighted by Crippen LogP contribution is -2.46. The van der Waals surface area contributed by atoms with Crippen molar-refractivity contribution in [2.24, 2.45) is 5.73 Å². The summed E-state index contributed by atoms with van der Waals surface area (Å²) in [4.78, 5) is 32.6. The monoisotopic (exact) mass is 435 g/mol. The minimum absolute atomic E-state index is 0.231. The molecule has 2 heterocycles. The summed E-state index contributed by atoms with van der Waals surface area (Å²) in [6, 6.07) is 18.0. The van der Waals surface area contributed by atoms with Gasteiger partial charge in [0, 0.05) is 54.3 Å². The van der Waals surface area contributed by atoms with Crippen LogP contribution in [0.15, 0.2) is 66.9 Å². The Labute approximate surface area is 185 Å². The van der Waals surface area contributed by atoms with Crippen molar-refractivity contribution in [2.45, 2.75) is 0 Å². The Morgan fingerprint density at radius 3 is 2.19 bits per heavy atom. The molecule has 4 rings (SSSR count). The summed E-state index contributed by atoms with van der Waals surface area (Å²) < 4.78 is 0. The molecule has 1 aromatic heterocycles. The number of nitrogens with two attached hydrogens (primary N) is 1. The van der Waals surface area contributed by atoms with Crippen molar-refractivity contribution in [2.75, 3.05) is 41.3 Å². The molecule has 3 aromatic rings. The van der Waals surface area contributed by atoms with Gasteiger partial charge in [0.05, 0.1) is 5.56 Å². The molecular weight excluding hydrogens is 414 g/mol. The summed E-state index contributed by atoms with van der Waals surface area (Å²) >= 11 is 5.96. The van der Waals surface area contributed by atoms with Crippen LogP contribution in [0.1, 0.15) is 20.7 Å². The second-order valence-corrected chi connectivity index (χ2v) is 7.69. The van der Waals surface area contributed by atoms with Crippen LogP contribution in [0.5, 0.6) is 0 Å². The lowest BCUT2D eigenvalue weighted by molar-refractivity contribution is 0.0997. The molecule has 1 saturated heterocycles. The fraction of sp³-hybridized carbons (Fsp3) is 0.174. The van der Waals surface area contributed by atoms with E-state index in [1.54, 1.807) is 48.7 Å².